The largest absolute Gasteiger partial charge is 0.342 e. The Balaban J connectivity index is 1.69. The highest BCUT2D eigenvalue weighted by atomic mass is 16.2. The molecule has 3 unspecified atom stereocenters. The summed E-state index contributed by atoms with van der Waals surface area (Å²) in [5.74, 6) is -0.887. The van der Waals surface area contributed by atoms with Gasteiger partial charge in [-0.1, -0.05) is 49.4 Å². The average Bonchev–Trinajstić information content (AvgIpc) is 2.77. The van der Waals surface area contributed by atoms with E-state index in [4.69, 9.17) is 0 Å². The second-order valence-corrected chi connectivity index (χ2v) is 8.49. The van der Waals surface area contributed by atoms with Crippen LogP contribution in [-0.4, -0.2) is 29.0 Å². The summed E-state index contributed by atoms with van der Waals surface area (Å²) in [5, 5.41) is 14.5. The molecule has 2 N–H and O–H groups in total. The lowest BCUT2D eigenvalue weighted by Crippen LogP contribution is -2.41. The Morgan fingerprint density at radius 3 is 2.77 bits per heavy atom. The van der Waals surface area contributed by atoms with E-state index in [9.17, 15) is 14.9 Å². The molecule has 156 valence electrons. The quantitative estimate of drug-likeness (QED) is 0.671. The number of carbonyl (C=O) groups excluding carboxylic acids is 1. The van der Waals surface area contributed by atoms with Crippen molar-refractivity contribution >= 4 is 28.4 Å². The van der Waals surface area contributed by atoms with Crippen LogP contribution in [0.15, 0.2) is 47.3 Å². The van der Waals surface area contributed by atoms with Crippen molar-refractivity contribution in [1.29, 1.82) is 5.26 Å². The lowest BCUT2D eigenvalue weighted by Gasteiger charge is -2.33. The van der Waals surface area contributed by atoms with Crippen molar-refractivity contribution in [1.82, 2.24) is 9.97 Å². The predicted octanol–water partition coefficient (Wildman–Crippen LogP) is 3.38. The number of nitrogens with zero attached hydrogens (tertiary/aromatic N) is 3. The topological polar surface area (TPSA) is 102 Å². The van der Waals surface area contributed by atoms with Gasteiger partial charge in [-0.25, -0.2) is 0 Å². The van der Waals surface area contributed by atoms with Gasteiger partial charge in [0.15, 0.2) is 0 Å². The van der Waals surface area contributed by atoms with Gasteiger partial charge in [0.2, 0.25) is 11.9 Å². The van der Waals surface area contributed by atoms with Crippen LogP contribution in [0.25, 0.3) is 10.8 Å². The zero-order valence-electron chi connectivity index (χ0n) is 17.3. The molecule has 0 spiro atoms. The first-order valence-corrected chi connectivity index (χ1v) is 10.6. The first-order valence-electron chi connectivity index (χ1n) is 10.6. The molecule has 1 aromatic heterocycles. The minimum absolute atomic E-state index is 0.256. The number of hydrogen-bond donors (Lipinski definition) is 2. The maximum absolute atomic E-state index is 13.3. The maximum atomic E-state index is 13.3. The number of fused-ring (bicyclic) bond motifs is 2. The van der Waals surface area contributed by atoms with E-state index < -0.39 is 17.7 Å². The van der Waals surface area contributed by atoms with E-state index in [1.54, 1.807) is 0 Å². The van der Waals surface area contributed by atoms with Crippen LogP contribution in [0.3, 0.4) is 0 Å². The lowest BCUT2D eigenvalue weighted by molar-refractivity contribution is -0.119. The number of benzene rings is 2. The second kappa shape index (κ2) is 7.55. The van der Waals surface area contributed by atoms with E-state index in [1.807, 2.05) is 42.5 Å². The van der Waals surface area contributed by atoms with Crippen LogP contribution in [0.5, 0.6) is 0 Å². The minimum Gasteiger partial charge on any atom is -0.342 e. The van der Waals surface area contributed by atoms with Crippen molar-refractivity contribution in [3.8, 4) is 6.07 Å². The Kier molecular flexibility index (Phi) is 4.70. The molecular weight excluding hydrogens is 390 g/mol. The third kappa shape index (κ3) is 3.25. The minimum atomic E-state index is -1.01. The van der Waals surface area contributed by atoms with Crippen LogP contribution in [0.4, 0.5) is 11.8 Å². The summed E-state index contributed by atoms with van der Waals surface area (Å²) in [6.07, 6.45) is 2.18. The number of aromatic amines is 1. The third-order valence-electron chi connectivity index (χ3n) is 6.37. The van der Waals surface area contributed by atoms with Crippen molar-refractivity contribution < 1.29 is 4.79 Å². The van der Waals surface area contributed by atoms with E-state index in [0.29, 0.717) is 17.4 Å². The molecule has 1 fully saturated rings. The maximum Gasteiger partial charge on any atom is 0.258 e. The molecule has 0 aliphatic carbocycles. The van der Waals surface area contributed by atoms with Gasteiger partial charge in [-0.3, -0.25) is 14.6 Å². The highest BCUT2D eigenvalue weighted by Gasteiger charge is 2.41. The molecule has 2 aromatic carbocycles. The van der Waals surface area contributed by atoms with Gasteiger partial charge in [-0.15, -0.1) is 0 Å². The van der Waals surface area contributed by atoms with Crippen LogP contribution < -0.4 is 15.8 Å². The monoisotopic (exact) mass is 413 g/mol. The summed E-state index contributed by atoms with van der Waals surface area (Å²) in [5.41, 5.74) is 0.820. The van der Waals surface area contributed by atoms with Crippen LogP contribution in [-0.2, 0) is 4.79 Å². The molecule has 5 rings (SSSR count). The Labute approximate surface area is 179 Å². The number of anilines is 2. The molecule has 1 saturated heterocycles. The molecule has 0 saturated carbocycles. The summed E-state index contributed by atoms with van der Waals surface area (Å²) < 4.78 is 0. The molecule has 0 bridgehead atoms. The van der Waals surface area contributed by atoms with Crippen molar-refractivity contribution in [2.45, 2.75) is 25.7 Å². The van der Waals surface area contributed by atoms with E-state index in [1.165, 1.54) is 0 Å². The molecule has 31 heavy (non-hydrogen) atoms. The number of amides is 1. The van der Waals surface area contributed by atoms with Crippen molar-refractivity contribution in [2.24, 2.45) is 11.8 Å². The number of H-pyrrole nitrogens is 1. The normalized spacial score (nSPS) is 23.2. The molecule has 2 aliphatic rings. The zero-order chi connectivity index (χ0) is 21.5. The smallest absolute Gasteiger partial charge is 0.258 e. The standard InChI is InChI=1S/C24H23N5O2/c1-14-6-5-11-29(13-14)24-27-21-20(23(31)28-24)19(18(12-25)22(30)26-21)17-10-4-8-15-7-2-3-9-16(15)17/h2-4,7-10,14,18-19H,5-6,11,13H2,1H3,(H2,26,27,28,30,31). The number of hydrogen-bond acceptors (Lipinski definition) is 5. The van der Waals surface area contributed by atoms with Gasteiger partial charge >= 0.3 is 0 Å². The van der Waals surface area contributed by atoms with Crippen molar-refractivity contribution in [3.05, 3.63) is 63.9 Å². The second-order valence-electron chi connectivity index (χ2n) is 8.49. The molecule has 3 atom stereocenters. The Morgan fingerprint density at radius 1 is 1.16 bits per heavy atom. The first kappa shape index (κ1) is 19.3. The highest BCUT2D eigenvalue weighted by Crippen LogP contribution is 2.41. The molecule has 0 radical (unpaired) electrons. The molecule has 2 aliphatic heterocycles. The molecule has 3 aromatic rings. The van der Waals surface area contributed by atoms with E-state index >= 15 is 0 Å². The molecule has 3 heterocycles. The number of piperidine rings is 1. The summed E-state index contributed by atoms with van der Waals surface area (Å²) in [4.78, 5) is 35.8. The third-order valence-corrected chi connectivity index (χ3v) is 6.37. The summed E-state index contributed by atoms with van der Waals surface area (Å²) in [6, 6.07) is 15.7. The zero-order valence-corrected chi connectivity index (χ0v) is 17.3. The number of carbonyl (C=O) groups is 1. The van der Waals surface area contributed by atoms with E-state index in [2.05, 4.69) is 33.2 Å². The number of nitrogens with one attached hydrogen (secondary N) is 2. The number of aromatic nitrogens is 2. The van der Waals surface area contributed by atoms with Gasteiger partial charge in [-0.05, 0) is 35.1 Å². The van der Waals surface area contributed by atoms with E-state index in [-0.39, 0.29) is 11.4 Å². The van der Waals surface area contributed by atoms with Gasteiger partial charge in [0.05, 0.1) is 11.6 Å². The first-order chi connectivity index (χ1) is 15.1. The Hall–Kier alpha value is -3.66. The van der Waals surface area contributed by atoms with Crippen molar-refractivity contribution in [2.75, 3.05) is 23.3 Å². The van der Waals surface area contributed by atoms with Crippen LogP contribution in [0.2, 0.25) is 0 Å². The Bertz CT molecular complexity index is 1270. The van der Waals surface area contributed by atoms with Gasteiger partial charge in [0.1, 0.15) is 11.7 Å². The van der Waals surface area contributed by atoms with Crippen LogP contribution >= 0.6 is 0 Å². The fraction of sp³-hybridized carbons (Fsp3) is 0.333. The van der Waals surface area contributed by atoms with Gasteiger partial charge in [0.25, 0.3) is 5.56 Å². The van der Waals surface area contributed by atoms with Gasteiger partial charge in [-0.2, -0.15) is 10.2 Å². The summed E-state index contributed by atoms with van der Waals surface area (Å²) >= 11 is 0. The van der Waals surface area contributed by atoms with Crippen molar-refractivity contribution in [3.63, 3.8) is 0 Å². The summed E-state index contributed by atoms with van der Waals surface area (Å²) in [6.45, 7) is 3.80. The van der Waals surface area contributed by atoms with Gasteiger partial charge in [0, 0.05) is 19.0 Å². The number of rotatable bonds is 2. The SMILES string of the molecule is CC1CCCN(c2nc3c(c(=O)[nH]2)C(c2cccc4ccccc24)C(C#N)C(=O)N3)C1. The fourth-order valence-electron chi connectivity index (χ4n) is 4.89. The lowest BCUT2D eigenvalue weighted by atomic mass is 9.77. The summed E-state index contributed by atoms with van der Waals surface area (Å²) in [7, 11) is 0. The highest BCUT2D eigenvalue weighted by molar-refractivity contribution is 5.99. The molecule has 7 nitrogen and oxygen atoms in total. The predicted molar refractivity (Wildman–Crippen MR) is 119 cm³/mol. The van der Waals surface area contributed by atoms with E-state index in [0.717, 1.165) is 42.3 Å². The molecule has 1 amide bonds. The van der Waals surface area contributed by atoms with Gasteiger partial charge < -0.3 is 10.2 Å². The van der Waals surface area contributed by atoms with Crippen LogP contribution in [0, 0.1) is 23.2 Å². The Morgan fingerprint density at radius 2 is 1.97 bits per heavy atom. The molecule has 7 heteroatoms. The van der Waals surface area contributed by atoms with Crippen LogP contribution in [0.1, 0.15) is 36.8 Å². The molecular formula is C24H23N5O2. The number of nitriles is 1. The average molecular weight is 413 g/mol. The fourth-order valence-corrected chi connectivity index (χ4v) is 4.89.